The molecule has 0 atom stereocenters. The van der Waals surface area contributed by atoms with Crippen LogP contribution in [0.3, 0.4) is 0 Å². The predicted molar refractivity (Wildman–Crippen MR) is 105 cm³/mol. The first-order valence-corrected chi connectivity index (χ1v) is 7.27. The molecule has 0 aliphatic heterocycles. The van der Waals surface area contributed by atoms with Crippen molar-refractivity contribution in [2.45, 2.75) is 13.0 Å². The number of nitrogens with zero attached hydrogens (tertiary/aromatic N) is 1. The summed E-state index contributed by atoms with van der Waals surface area (Å²) >= 11 is 0. The maximum atomic E-state index is 12.2. The van der Waals surface area contributed by atoms with Crippen molar-refractivity contribution in [1.82, 2.24) is 0 Å². The first-order valence-electron chi connectivity index (χ1n) is 7.27. The number of ether oxygens (including phenoxy) is 2. The minimum absolute atomic E-state index is 0. The Balaban J connectivity index is 0.00000312. The minimum atomic E-state index is -2.50. The lowest BCUT2D eigenvalue weighted by molar-refractivity contribution is 0.0818. The monoisotopic (exact) mass is 463 g/mol. The molecule has 0 radical (unpaired) electrons. The molecule has 0 heterocycles. The maximum absolute atomic E-state index is 12.2. The van der Waals surface area contributed by atoms with E-state index in [0.29, 0.717) is 12.3 Å². The van der Waals surface area contributed by atoms with Crippen LogP contribution in [-0.4, -0.2) is 26.1 Å². The zero-order chi connectivity index (χ0) is 17.4. The third kappa shape index (κ3) is 7.55. The second-order valence-electron chi connectivity index (χ2n) is 4.90. The number of nitrogens with two attached hydrogens (primary N) is 1. The number of rotatable bonds is 7. The molecule has 0 bridgehead atoms. The summed E-state index contributed by atoms with van der Waals surface area (Å²) in [5.41, 5.74) is 7.43. The van der Waals surface area contributed by atoms with Crippen molar-refractivity contribution >= 4 is 35.6 Å². The van der Waals surface area contributed by atoms with Crippen LogP contribution in [0.2, 0.25) is 0 Å². The quantitative estimate of drug-likeness (QED) is 0.372. The number of aliphatic imine (C=N–C) groups is 1. The fourth-order valence-corrected chi connectivity index (χ4v) is 1.93. The molecule has 2 aromatic carbocycles. The Morgan fingerprint density at radius 3 is 2.52 bits per heavy atom. The Hall–Kier alpha value is -2.10. The van der Waals surface area contributed by atoms with Crippen molar-refractivity contribution in [3.8, 4) is 11.5 Å². The number of hydrogen-bond donors (Lipinski definition) is 2. The number of anilines is 1. The van der Waals surface area contributed by atoms with Crippen LogP contribution in [0.4, 0.5) is 14.5 Å². The third-order valence-electron chi connectivity index (χ3n) is 3.07. The molecule has 25 heavy (non-hydrogen) atoms. The molecule has 0 saturated heterocycles. The fraction of sp³-hybridized carbons (Fsp3) is 0.235. The summed E-state index contributed by atoms with van der Waals surface area (Å²) in [6.45, 7) is -0.325. The smallest absolute Gasteiger partial charge is 0.272 e. The van der Waals surface area contributed by atoms with E-state index in [2.05, 4.69) is 10.3 Å². The van der Waals surface area contributed by atoms with Crippen molar-refractivity contribution in [3.63, 3.8) is 0 Å². The summed E-state index contributed by atoms with van der Waals surface area (Å²) in [5.74, 6) is 1.38. The van der Waals surface area contributed by atoms with Gasteiger partial charge in [-0.05, 0) is 42.0 Å². The van der Waals surface area contributed by atoms with E-state index in [4.69, 9.17) is 15.2 Å². The molecule has 0 unspecified atom stereocenters. The Morgan fingerprint density at radius 1 is 1.16 bits per heavy atom. The van der Waals surface area contributed by atoms with E-state index in [1.54, 1.807) is 37.4 Å². The van der Waals surface area contributed by atoms with Gasteiger partial charge in [0.15, 0.2) is 5.96 Å². The van der Waals surface area contributed by atoms with E-state index in [1.807, 2.05) is 18.2 Å². The maximum Gasteiger partial charge on any atom is 0.272 e. The Morgan fingerprint density at radius 2 is 1.88 bits per heavy atom. The fourth-order valence-electron chi connectivity index (χ4n) is 1.93. The van der Waals surface area contributed by atoms with Gasteiger partial charge in [-0.3, -0.25) is 0 Å². The van der Waals surface area contributed by atoms with Gasteiger partial charge in [0, 0.05) is 5.69 Å². The molecule has 0 amide bonds. The first kappa shape index (κ1) is 20.9. The minimum Gasteiger partial charge on any atom is -0.497 e. The molecule has 8 heteroatoms. The molecule has 0 saturated carbocycles. The van der Waals surface area contributed by atoms with Crippen molar-refractivity contribution in [3.05, 3.63) is 54.1 Å². The van der Waals surface area contributed by atoms with Crippen LogP contribution in [-0.2, 0) is 6.54 Å². The van der Waals surface area contributed by atoms with Gasteiger partial charge in [0.1, 0.15) is 18.1 Å². The number of alkyl halides is 2. The molecular weight excluding hydrogens is 443 g/mol. The van der Waals surface area contributed by atoms with Gasteiger partial charge in [0.2, 0.25) is 0 Å². The average Bonchev–Trinajstić information content (AvgIpc) is 2.59. The van der Waals surface area contributed by atoms with Crippen LogP contribution in [0.1, 0.15) is 5.56 Å². The first-order chi connectivity index (χ1) is 11.6. The molecule has 0 aromatic heterocycles. The summed E-state index contributed by atoms with van der Waals surface area (Å²) in [7, 11) is 1.59. The zero-order valence-electron chi connectivity index (χ0n) is 13.6. The van der Waals surface area contributed by atoms with E-state index in [-0.39, 0.29) is 29.9 Å². The summed E-state index contributed by atoms with van der Waals surface area (Å²) in [6.07, 6.45) is -2.50. The summed E-state index contributed by atoms with van der Waals surface area (Å²) < 4.78 is 34.4. The van der Waals surface area contributed by atoms with Gasteiger partial charge in [-0.25, -0.2) is 13.8 Å². The van der Waals surface area contributed by atoms with Gasteiger partial charge in [-0.1, -0.05) is 12.1 Å². The molecule has 5 nitrogen and oxygen atoms in total. The third-order valence-corrected chi connectivity index (χ3v) is 3.07. The molecule has 136 valence electrons. The predicted octanol–water partition coefficient (Wildman–Crippen LogP) is 3.88. The molecule has 0 aliphatic rings. The molecule has 2 rings (SSSR count). The van der Waals surface area contributed by atoms with Crippen LogP contribution >= 0.6 is 24.0 Å². The van der Waals surface area contributed by atoms with Crippen LogP contribution in [0, 0.1) is 0 Å². The lowest BCUT2D eigenvalue weighted by atomic mass is 10.2. The van der Waals surface area contributed by atoms with E-state index in [0.717, 1.165) is 17.0 Å². The summed E-state index contributed by atoms with van der Waals surface area (Å²) in [6, 6.07) is 14.1. The van der Waals surface area contributed by atoms with Crippen molar-refractivity contribution in [2.24, 2.45) is 10.7 Å². The standard InChI is InChI=1S/C17H19F2N3O2.HI/c1-23-14-7-5-13(6-8-14)22-17(20)21-10-12-3-2-4-15(9-12)24-11-16(18)19;/h2-9,16H,10-11H2,1H3,(H3,20,21,22);1H. The highest BCUT2D eigenvalue weighted by Gasteiger charge is 2.04. The highest BCUT2D eigenvalue weighted by atomic mass is 127. The van der Waals surface area contributed by atoms with Gasteiger partial charge in [-0.15, -0.1) is 24.0 Å². The number of halogens is 3. The molecular formula is C17H20F2IN3O2. The molecule has 0 spiro atoms. The Bertz CT molecular complexity index is 682. The highest BCUT2D eigenvalue weighted by Crippen LogP contribution is 2.16. The van der Waals surface area contributed by atoms with Crippen LogP contribution in [0.5, 0.6) is 11.5 Å². The Labute approximate surface area is 162 Å². The van der Waals surface area contributed by atoms with Crippen LogP contribution < -0.4 is 20.5 Å². The van der Waals surface area contributed by atoms with E-state index >= 15 is 0 Å². The second kappa shape index (κ2) is 10.7. The van der Waals surface area contributed by atoms with Gasteiger partial charge < -0.3 is 20.5 Å². The van der Waals surface area contributed by atoms with Gasteiger partial charge >= 0.3 is 0 Å². The molecule has 3 N–H and O–H groups in total. The number of benzene rings is 2. The van der Waals surface area contributed by atoms with Crippen LogP contribution in [0.15, 0.2) is 53.5 Å². The zero-order valence-corrected chi connectivity index (χ0v) is 15.9. The summed E-state index contributed by atoms with van der Waals surface area (Å²) in [5, 5.41) is 2.96. The lowest BCUT2D eigenvalue weighted by Gasteiger charge is -2.08. The van der Waals surface area contributed by atoms with E-state index in [1.165, 1.54) is 0 Å². The SMILES string of the molecule is COc1ccc(NC(N)=NCc2cccc(OCC(F)F)c2)cc1.I. The molecule has 0 fully saturated rings. The van der Waals surface area contributed by atoms with E-state index < -0.39 is 13.0 Å². The van der Waals surface area contributed by atoms with Crippen molar-refractivity contribution < 1.29 is 18.3 Å². The van der Waals surface area contributed by atoms with Gasteiger partial charge in [-0.2, -0.15) is 0 Å². The van der Waals surface area contributed by atoms with Crippen LogP contribution in [0.25, 0.3) is 0 Å². The average molecular weight is 463 g/mol. The summed E-state index contributed by atoms with van der Waals surface area (Å²) in [4.78, 5) is 4.22. The normalized spacial score (nSPS) is 11.0. The van der Waals surface area contributed by atoms with Crippen molar-refractivity contribution in [1.29, 1.82) is 0 Å². The topological polar surface area (TPSA) is 68.9 Å². The Kier molecular flexibility index (Phi) is 8.96. The highest BCUT2D eigenvalue weighted by molar-refractivity contribution is 14.0. The molecule has 0 aliphatic carbocycles. The number of nitrogens with one attached hydrogen (secondary N) is 1. The van der Waals surface area contributed by atoms with Gasteiger partial charge in [0.25, 0.3) is 6.43 Å². The molecule has 2 aromatic rings. The number of methoxy groups -OCH3 is 1. The van der Waals surface area contributed by atoms with E-state index in [9.17, 15) is 8.78 Å². The number of guanidine groups is 1. The lowest BCUT2D eigenvalue weighted by Crippen LogP contribution is -2.22. The second-order valence-corrected chi connectivity index (χ2v) is 4.90. The number of hydrogen-bond acceptors (Lipinski definition) is 3. The largest absolute Gasteiger partial charge is 0.497 e. The van der Waals surface area contributed by atoms with Gasteiger partial charge in [0.05, 0.1) is 13.7 Å². The van der Waals surface area contributed by atoms with Crippen molar-refractivity contribution in [2.75, 3.05) is 19.0 Å².